The zero-order chi connectivity index (χ0) is 21.7. The summed E-state index contributed by atoms with van der Waals surface area (Å²) in [4.78, 5) is 26.8. The van der Waals surface area contributed by atoms with Crippen molar-refractivity contribution < 1.29 is 14.3 Å². The topological polar surface area (TPSA) is 46.6 Å². The monoisotopic (exact) mass is 415 g/mol. The number of rotatable bonds is 4. The minimum atomic E-state index is -0.152. The average Bonchev–Trinajstić information content (AvgIpc) is 3.06. The Morgan fingerprint density at radius 3 is 2.47 bits per heavy atom. The van der Waals surface area contributed by atoms with Crippen molar-refractivity contribution in [1.82, 2.24) is 4.90 Å². The Morgan fingerprint density at radius 2 is 1.80 bits per heavy atom. The van der Waals surface area contributed by atoms with Crippen molar-refractivity contribution in [3.05, 3.63) is 11.6 Å². The quantitative estimate of drug-likeness (QED) is 0.458. The van der Waals surface area contributed by atoms with Gasteiger partial charge < -0.3 is 9.64 Å². The lowest BCUT2D eigenvalue weighted by molar-refractivity contribution is -0.149. The number of nitrogens with zero attached hydrogens (tertiary/aromatic N) is 1. The van der Waals surface area contributed by atoms with Crippen LogP contribution in [0.3, 0.4) is 0 Å². The van der Waals surface area contributed by atoms with E-state index in [0.29, 0.717) is 17.7 Å². The summed E-state index contributed by atoms with van der Waals surface area (Å²) in [7, 11) is 0. The third-order valence-corrected chi connectivity index (χ3v) is 9.76. The molecule has 168 valence electrons. The summed E-state index contributed by atoms with van der Waals surface area (Å²) in [5.74, 6) is 2.56. The highest BCUT2D eigenvalue weighted by atomic mass is 16.5. The summed E-state index contributed by atoms with van der Waals surface area (Å²) < 4.78 is 5.57. The number of carbonyl (C=O) groups excluding carboxylic acids is 2. The Balaban J connectivity index is 1.55. The smallest absolute Gasteiger partial charge is 0.302 e. The average molecular weight is 416 g/mol. The molecule has 4 rings (SSSR count). The summed E-state index contributed by atoms with van der Waals surface area (Å²) in [6.07, 6.45) is 11.5. The summed E-state index contributed by atoms with van der Waals surface area (Å²) in [5, 5.41) is 0. The van der Waals surface area contributed by atoms with Gasteiger partial charge in [-0.05, 0) is 87.4 Å². The molecule has 0 aromatic heterocycles. The molecule has 1 amide bonds. The number of hydrogen-bond acceptors (Lipinski definition) is 3. The van der Waals surface area contributed by atoms with Crippen LogP contribution in [-0.2, 0) is 14.3 Å². The lowest BCUT2D eigenvalue weighted by Gasteiger charge is -2.58. The zero-order valence-corrected chi connectivity index (χ0v) is 19.7. The Morgan fingerprint density at radius 1 is 1.07 bits per heavy atom. The van der Waals surface area contributed by atoms with Gasteiger partial charge in [-0.1, -0.05) is 25.5 Å². The number of allylic oxidation sites excluding steroid dienone is 1. The van der Waals surface area contributed by atoms with Crippen LogP contribution in [-0.4, -0.2) is 36.0 Å². The predicted octanol–water partition coefficient (Wildman–Crippen LogP) is 5.37. The Labute approximate surface area is 182 Å². The van der Waals surface area contributed by atoms with Crippen LogP contribution in [0, 0.1) is 34.5 Å². The standard InChI is InChI=1S/C26H41NO3/c1-6-27(7-2)24(29)23-11-10-21-20-9-8-18-16-19(30-17(3)28)12-14-25(18,4)22(20)13-15-26(21,23)5/h8,19-23H,6-7,9-16H2,1-5H3/t19-,20-,21-,22-,23+,25-,26-/m0/s1. The highest BCUT2D eigenvalue weighted by Gasteiger charge is 2.60. The van der Waals surface area contributed by atoms with Crippen molar-refractivity contribution in [3.63, 3.8) is 0 Å². The van der Waals surface area contributed by atoms with Gasteiger partial charge in [-0.3, -0.25) is 9.59 Å². The van der Waals surface area contributed by atoms with Crippen LogP contribution in [0.15, 0.2) is 11.6 Å². The lowest BCUT2D eigenvalue weighted by atomic mass is 9.47. The minimum Gasteiger partial charge on any atom is -0.462 e. The normalized spacial score (nSPS) is 42.4. The third kappa shape index (κ3) is 3.33. The van der Waals surface area contributed by atoms with Gasteiger partial charge >= 0.3 is 5.97 Å². The van der Waals surface area contributed by atoms with Crippen molar-refractivity contribution in [2.75, 3.05) is 13.1 Å². The Kier molecular flexibility index (Phi) is 5.83. The molecular weight excluding hydrogens is 374 g/mol. The number of esters is 1. The van der Waals surface area contributed by atoms with E-state index in [1.54, 1.807) is 5.57 Å². The molecule has 0 aromatic carbocycles. The summed E-state index contributed by atoms with van der Waals surface area (Å²) >= 11 is 0. The van der Waals surface area contributed by atoms with Crippen molar-refractivity contribution >= 4 is 11.9 Å². The van der Waals surface area contributed by atoms with E-state index in [9.17, 15) is 9.59 Å². The molecule has 0 aromatic rings. The van der Waals surface area contributed by atoms with Gasteiger partial charge in [0.15, 0.2) is 0 Å². The van der Waals surface area contributed by atoms with Crippen LogP contribution in [0.2, 0.25) is 0 Å². The van der Waals surface area contributed by atoms with Crippen molar-refractivity contribution in [2.24, 2.45) is 34.5 Å². The molecule has 4 aliphatic rings. The third-order valence-electron chi connectivity index (χ3n) is 9.76. The van der Waals surface area contributed by atoms with E-state index < -0.39 is 0 Å². The Hall–Kier alpha value is -1.32. The van der Waals surface area contributed by atoms with Gasteiger partial charge in [0.25, 0.3) is 0 Å². The molecule has 0 bridgehead atoms. The Bertz CT molecular complexity index is 726. The second-order valence-corrected chi connectivity index (χ2v) is 10.9. The van der Waals surface area contributed by atoms with Crippen LogP contribution in [0.25, 0.3) is 0 Å². The molecule has 0 spiro atoms. The number of fused-ring (bicyclic) bond motifs is 5. The van der Waals surface area contributed by atoms with E-state index in [4.69, 9.17) is 4.74 Å². The molecule has 0 radical (unpaired) electrons. The molecule has 0 heterocycles. The maximum absolute atomic E-state index is 13.3. The lowest BCUT2D eigenvalue weighted by Crippen LogP contribution is -2.52. The number of hydrogen-bond donors (Lipinski definition) is 0. The summed E-state index contributed by atoms with van der Waals surface area (Å²) in [6.45, 7) is 12.3. The molecule has 30 heavy (non-hydrogen) atoms. The van der Waals surface area contributed by atoms with Crippen molar-refractivity contribution in [2.45, 2.75) is 92.1 Å². The van der Waals surface area contributed by atoms with E-state index in [0.717, 1.165) is 51.1 Å². The first-order valence-corrected chi connectivity index (χ1v) is 12.4. The van der Waals surface area contributed by atoms with Crippen LogP contribution in [0.4, 0.5) is 0 Å². The maximum Gasteiger partial charge on any atom is 0.302 e. The second kappa shape index (κ2) is 7.98. The number of carbonyl (C=O) groups is 2. The van der Waals surface area contributed by atoms with Gasteiger partial charge in [0.1, 0.15) is 6.10 Å². The summed E-state index contributed by atoms with van der Waals surface area (Å²) in [6, 6.07) is 0. The largest absolute Gasteiger partial charge is 0.462 e. The second-order valence-electron chi connectivity index (χ2n) is 10.9. The van der Waals surface area contributed by atoms with Crippen LogP contribution in [0.1, 0.15) is 86.0 Å². The summed E-state index contributed by atoms with van der Waals surface area (Å²) in [5.41, 5.74) is 1.96. The van der Waals surface area contributed by atoms with E-state index in [1.165, 1.54) is 26.2 Å². The molecular formula is C26H41NO3. The molecule has 0 N–H and O–H groups in total. The van der Waals surface area contributed by atoms with Gasteiger partial charge in [-0.2, -0.15) is 0 Å². The zero-order valence-electron chi connectivity index (χ0n) is 19.7. The highest BCUT2D eigenvalue weighted by Crippen LogP contribution is 2.66. The molecule has 7 atom stereocenters. The van der Waals surface area contributed by atoms with E-state index in [-0.39, 0.29) is 28.8 Å². The molecule has 0 saturated heterocycles. The van der Waals surface area contributed by atoms with E-state index in [2.05, 4.69) is 38.7 Å². The first-order chi connectivity index (χ1) is 14.2. The maximum atomic E-state index is 13.3. The molecule has 0 unspecified atom stereocenters. The molecule has 3 fully saturated rings. The van der Waals surface area contributed by atoms with E-state index in [1.807, 2.05) is 0 Å². The van der Waals surface area contributed by atoms with Gasteiger partial charge in [0, 0.05) is 32.4 Å². The number of amides is 1. The van der Waals surface area contributed by atoms with E-state index >= 15 is 0 Å². The first-order valence-electron chi connectivity index (χ1n) is 12.4. The van der Waals surface area contributed by atoms with Gasteiger partial charge in [0.2, 0.25) is 5.91 Å². The molecule has 3 saturated carbocycles. The van der Waals surface area contributed by atoms with Gasteiger partial charge in [0.05, 0.1) is 0 Å². The van der Waals surface area contributed by atoms with Crippen LogP contribution in [0.5, 0.6) is 0 Å². The minimum absolute atomic E-state index is 0.0646. The fourth-order valence-electron chi connectivity index (χ4n) is 8.12. The SMILES string of the molecule is CCN(CC)C(=O)[C@H]1CC[C@H]2[C@@H]3CC=C4C[C@@H](OC(C)=O)CC[C@]4(C)[C@H]3CC[C@]12C. The van der Waals surface area contributed by atoms with Crippen molar-refractivity contribution in [1.29, 1.82) is 0 Å². The fourth-order valence-corrected chi connectivity index (χ4v) is 8.12. The highest BCUT2D eigenvalue weighted by molar-refractivity contribution is 5.80. The van der Waals surface area contributed by atoms with Gasteiger partial charge in [-0.25, -0.2) is 0 Å². The van der Waals surface area contributed by atoms with Gasteiger partial charge in [-0.15, -0.1) is 0 Å². The van der Waals surface area contributed by atoms with Crippen LogP contribution < -0.4 is 0 Å². The predicted molar refractivity (Wildman–Crippen MR) is 119 cm³/mol. The van der Waals surface area contributed by atoms with Crippen LogP contribution >= 0.6 is 0 Å². The van der Waals surface area contributed by atoms with Crippen molar-refractivity contribution in [3.8, 4) is 0 Å². The fraction of sp³-hybridized carbons (Fsp3) is 0.846. The molecule has 4 nitrogen and oxygen atoms in total. The molecule has 0 aliphatic heterocycles. The molecule has 4 aliphatic carbocycles. The first kappa shape index (κ1) is 21.9. The number of ether oxygens (including phenoxy) is 1. The molecule has 4 heteroatoms.